The van der Waals surface area contributed by atoms with Gasteiger partial charge in [0.25, 0.3) is 0 Å². The zero-order valence-electron chi connectivity index (χ0n) is 16.1. The first kappa shape index (κ1) is 19.8. The van der Waals surface area contributed by atoms with Crippen LogP contribution in [-0.4, -0.2) is 60.9 Å². The summed E-state index contributed by atoms with van der Waals surface area (Å²) in [4.78, 5) is 27.9. The maximum absolute atomic E-state index is 12.4. The summed E-state index contributed by atoms with van der Waals surface area (Å²) >= 11 is 0. The number of likely N-dealkylation sites (tertiary alicyclic amines) is 2. The van der Waals surface area contributed by atoms with Crippen LogP contribution in [0.2, 0.25) is 0 Å². The first-order chi connectivity index (χ1) is 13.1. The Kier molecular flexibility index (Phi) is 7.24. The summed E-state index contributed by atoms with van der Waals surface area (Å²) in [6.07, 6.45) is 3.90. The van der Waals surface area contributed by atoms with Crippen molar-refractivity contribution in [2.24, 2.45) is 17.6 Å². The molecule has 0 bridgehead atoms. The van der Waals surface area contributed by atoms with E-state index in [0.717, 1.165) is 58.5 Å². The summed E-state index contributed by atoms with van der Waals surface area (Å²) in [6.45, 7) is 5.91. The van der Waals surface area contributed by atoms with Gasteiger partial charge in [0.05, 0.1) is 6.54 Å². The van der Waals surface area contributed by atoms with Gasteiger partial charge in [-0.1, -0.05) is 30.3 Å². The van der Waals surface area contributed by atoms with Crippen molar-refractivity contribution in [1.82, 2.24) is 15.1 Å². The lowest BCUT2D eigenvalue weighted by Crippen LogP contribution is -2.43. The average Bonchev–Trinajstić information content (AvgIpc) is 3.10. The summed E-state index contributed by atoms with van der Waals surface area (Å²) in [5.41, 5.74) is 6.60. The van der Waals surface area contributed by atoms with Gasteiger partial charge in [-0.25, -0.2) is 0 Å². The minimum Gasteiger partial charge on any atom is -0.369 e. The molecule has 2 saturated heterocycles. The predicted molar refractivity (Wildman–Crippen MR) is 106 cm³/mol. The molecule has 148 valence electrons. The zero-order valence-corrected chi connectivity index (χ0v) is 16.1. The molecule has 2 aliphatic heterocycles. The molecule has 0 aliphatic carbocycles. The molecule has 1 aromatic rings. The summed E-state index contributed by atoms with van der Waals surface area (Å²) in [5, 5.41) is 3.13. The highest BCUT2D eigenvalue weighted by Gasteiger charge is 2.26. The van der Waals surface area contributed by atoms with Crippen LogP contribution >= 0.6 is 0 Å². The van der Waals surface area contributed by atoms with Crippen LogP contribution in [0.3, 0.4) is 0 Å². The Hall–Kier alpha value is -1.92. The first-order valence-electron chi connectivity index (χ1n) is 10.1. The molecule has 27 heavy (non-hydrogen) atoms. The molecule has 0 spiro atoms. The molecule has 2 heterocycles. The molecule has 0 radical (unpaired) electrons. The predicted octanol–water partition coefficient (Wildman–Crippen LogP) is 1.21. The number of nitrogens with two attached hydrogens (primary N) is 1. The van der Waals surface area contributed by atoms with Gasteiger partial charge in [0.15, 0.2) is 0 Å². The fourth-order valence-electron chi connectivity index (χ4n) is 4.25. The van der Waals surface area contributed by atoms with Crippen LogP contribution in [0.1, 0.15) is 31.2 Å². The smallest absolute Gasteiger partial charge is 0.231 e. The molecule has 2 aliphatic rings. The maximum atomic E-state index is 12.4. The normalized spacial score (nSPS) is 22.0. The lowest BCUT2D eigenvalue weighted by molar-refractivity contribution is -0.126. The van der Waals surface area contributed by atoms with Gasteiger partial charge in [-0.2, -0.15) is 0 Å². The third-order valence-electron chi connectivity index (χ3n) is 5.81. The second-order valence-corrected chi connectivity index (χ2v) is 7.97. The summed E-state index contributed by atoms with van der Waals surface area (Å²) < 4.78 is 0. The Morgan fingerprint density at radius 3 is 2.44 bits per heavy atom. The van der Waals surface area contributed by atoms with Crippen molar-refractivity contribution in [2.45, 2.75) is 32.2 Å². The molecule has 3 N–H and O–H groups in total. The molecule has 3 rings (SSSR count). The van der Waals surface area contributed by atoms with Crippen molar-refractivity contribution in [1.29, 1.82) is 0 Å². The van der Waals surface area contributed by atoms with Crippen LogP contribution in [0.5, 0.6) is 0 Å². The van der Waals surface area contributed by atoms with Crippen molar-refractivity contribution in [2.75, 3.05) is 39.3 Å². The van der Waals surface area contributed by atoms with E-state index in [1.165, 1.54) is 12.0 Å². The second kappa shape index (κ2) is 9.85. The van der Waals surface area contributed by atoms with E-state index >= 15 is 0 Å². The van der Waals surface area contributed by atoms with E-state index in [-0.39, 0.29) is 17.7 Å². The first-order valence-corrected chi connectivity index (χ1v) is 10.1. The number of hydrogen-bond acceptors (Lipinski definition) is 4. The summed E-state index contributed by atoms with van der Waals surface area (Å²) in [7, 11) is 0. The van der Waals surface area contributed by atoms with Crippen LogP contribution in [0, 0.1) is 11.8 Å². The standard InChI is InChI=1S/C21H32N4O2/c22-20(26)16-24-12-8-19(9-13-24)21(27)23-10-6-18-7-11-25(15-18)14-17-4-2-1-3-5-17/h1-5,18-19H,6-16H2,(H2,22,26)(H,23,27)/t18-/m1/s1. The van der Waals surface area contributed by atoms with Crippen molar-refractivity contribution < 1.29 is 9.59 Å². The lowest BCUT2D eigenvalue weighted by Gasteiger charge is -2.30. The van der Waals surface area contributed by atoms with E-state index in [1.807, 2.05) is 4.90 Å². The van der Waals surface area contributed by atoms with E-state index in [2.05, 4.69) is 40.5 Å². The van der Waals surface area contributed by atoms with Gasteiger partial charge < -0.3 is 11.1 Å². The number of primary amides is 1. The van der Waals surface area contributed by atoms with Crippen LogP contribution in [0.15, 0.2) is 30.3 Å². The number of rotatable bonds is 8. The minimum absolute atomic E-state index is 0.0762. The Labute approximate surface area is 162 Å². The Bertz CT molecular complexity index is 614. The van der Waals surface area contributed by atoms with Crippen molar-refractivity contribution in [3.63, 3.8) is 0 Å². The van der Waals surface area contributed by atoms with Crippen molar-refractivity contribution >= 4 is 11.8 Å². The van der Waals surface area contributed by atoms with E-state index in [4.69, 9.17) is 5.73 Å². The fraction of sp³-hybridized carbons (Fsp3) is 0.619. The van der Waals surface area contributed by atoms with E-state index < -0.39 is 0 Å². The number of benzene rings is 1. The molecule has 1 aromatic carbocycles. The molecule has 1 atom stereocenters. The number of carbonyl (C=O) groups is 2. The largest absolute Gasteiger partial charge is 0.369 e. The lowest BCUT2D eigenvalue weighted by atomic mass is 9.95. The van der Waals surface area contributed by atoms with Crippen molar-refractivity contribution in [3.05, 3.63) is 35.9 Å². The molecule has 0 unspecified atom stereocenters. The van der Waals surface area contributed by atoms with Gasteiger partial charge in [0.1, 0.15) is 0 Å². The topological polar surface area (TPSA) is 78.7 Å². The van der Waals surface area contributed by atoms with Gasteiger partial charge in [-0.3, -0.25) is 19.4 Å². The van der Waals surface area contributed by atoms with Gasteiger partial charge in [-0.05, 0) is 56.8 Å². The van der Waals surface area contributed by atoms with Crippen LogP contribution in [0.25, 0.3) is 0 Å². The zero-order chi connectivity index (χ0) is 19.1. The Morgan fingerprint density at radius 1 is 1.04 bits per heavy atom. The highest BCUT2D eigenvalue weighted by atomic mass is 16.2. The molecule has 0 saturated carbocycles. The molecule has 2 amide bonds. The number of nitrogens with zero attached hydrogens (tertiary/aromatic N) is 2. The second-order valence-electron chi connectivity index (χ2n) is 7.97. The average molecular weight is 373 g/mol. The quantitative estimate of drug-likeness (QED) is 0.719. The summed E-state index contributed by atoms with van der Waals surface area (Å²) in [5.74, 6) is 0.627. The number of hydrogen-bond donors (Lipinski definition) is 2. The Balaban J connectivity index is 1.30. The van der Waals surface area contributed by atoms with Gasteiger partial charge in [0.2, 0.25) is 11.8 Å². The van der Waals surface area contributed by atoms with Crippen LogP contribution in [-0.2, 0) is 16.1 Å². The van der Waals surface area contributed by atoms with Gasteiger partial charge in [-0.15, -0.1) is 0 Å². The van der Waals surface area contributed by atoms with Crippen LogP contribution < -0.4 is 11.1 Å². The number of amides is 2. The fourth-order valence-corrected chi connectivity index (χ4v) is 4.25. The number of carbonyl (C=O) groups excluding carboxylic acids is 2. The SMILES string of the molecule is NC(=O)CN1CCC(C(=O)NCC[C@@H]2CCN(Cc3ccccc3)C2)CC1. The number of nitrogens with one attached hydrogen (secondary N) is 1. The number of piperidine rings is 1. The van der Waals surface area contributed by atoms with E-state index in [9.17, 15) is 9.59 Å². The van der Waals surface area contributed by atoms with E-state index in [1.54, 1.807) is 0 Å². The summed E-state index contributed by atoms with van der Waals surface area (Å²) in [6, 6.07) is 10.6. The Morgan fingerprint density at radius 2 is 1.74 bits per heavy atom. The highest BCUT2D eigenvalue weighted by molar-refractivity contribution is 5.79. The minimum atomic E-state index is -0.296. The van der Waals surface area contributed by atoms with E-state index in [0.29, 0.717) is 12.5 Å². The van der Waals surface area contributed by atoms with Crippen molar-refractivity contribution in [3.8, 4) is 0 Å². The molecule has 0 aromatic heterocycles. The molecular weight excluding hydrogens is 340 g/mol. The third kappa shape index (κ3) is 6.33. The molecule has 2 fully saturated rings. The molecule has 6 heteroatoms. The third-order valence-corrected chi connectivity index (χ3v) is 5.81. The molecular formula is C21H32N4O2. The van der Waals surface area contributed by atoms with Gasteiger partial charge >= 0.3 is 0 Å². The van der Waals surface area contributed by atoms with Crippen LogP contribution in [0.4, 0.5) is 0 Å². The highest BCUT2D eigenvalue weighted by Crippen LogP contribution is 2.21. The monoisotopic (exact) mass is 372 g/mol. The maximum Gasteiger partial charge on any atom is 0.231 e. The van der Waals surface area contributed by atoms with Gasteiger partial charge in [0, 0.05) is 25.6 Å². The molecule has 6 nitrogen and oxygen atoms in total.